The highest BCUT2D eigenvalue weighted by molar-refractivity contribution is 5.29. The van der Waals surface area contributed by atoms with Crippen LogP contribution >= 0.6 is 0 Å². The number of nitrogens with one attached hydrogen (secondary N) is 1. The first-order valence-electron chi connectivity index (χ1n) is 4.37. The summed E-state index contributed by atoms with van der Waals surface area (Å²) in [4.78, 5) is 0. The number of nitrogens with zero attached hydrogens (tertiary/aromatic N) is 1. The van der Waals surface area contributed by atoms with Gasteiger partial charge >= 0.3 is 0 Å². The lowest BCUT2D eigenvalue weighted by Crippen LogP contribution is -2.13. The zero-order chi connectivity index (χ0) is 10.8. The lowest BCUT2D eigenvalue weighted by atomic mass is 10.0. The topological polar surface area (TPSA) is 54.7 Å². The second kappa shape index (κ2) is 3.78. The van der Waals surface area contributed by atoms with Crippen molar-refractivity contribution in [2.24, 2.45) is 5.73 Å². The molecule has 1 unspecified atom stereocenters. The smallest absolute Gasteiger partial charge is 0.128 e. The number of aromatic nitrogens is 2. The molecule has 3 nitrogen and oxygen atoms in total. The zero-order valence-electron chi connectivity index (χ0n) is 7.74. The Bertz CT molecular complexity index is 454. The van der Waals surface area contributed by atoms with Crippen molar-refractivity contribution in [1.29, 1.82) is 0 Å². The van der Waals surface area contributed by atoms with E-state index in [0.29, 0.717) is 5.56 Å². The van der Waals surface area contributed by atoms with E-state index < -0.39 is 17.7 Å². The third-order valence-corrected chi connectivity index (χ3v) is 2.17. The Labute approximate surface area is 84.9 Å². The van der Waals surface area contributed by atoms with Crippen molar-refractivity contribution < 1.29 is 8.78 Å². The van der Waals surface area contributed by atoms with E-state index in [1.807, 2.05) is 0 Å². The summed E-state index contributed by atoms with van der Waals surface area (Å²) in [5.74, 6) is -1.03. The third-order valence-electron chi connectivity index (χ3n) is 2.17. The fourth-order valence-corrected chi connectivity index (χ4v) is 1.36. The third kappa shape index (κ3) is 1.87. The van der Waals surface area contributed by atoms with Crippen LogP contribution < -0.4 is 5.73 Å². The molecule has 3 N–H and O–H groups in total. The SMILES string of the molecule is NC(c1cn[nH]c1)c1cc(F)ccc1F. The maximum absolute atomic E-state index is 13.3. The summed E-state index contributed by atoms with van der Waals surface area (Å²) >= 11 is 0. The van der Waals surface area contributed by atoms with Crippen molar-refractivity contribution in [2.75, 3.05) is 0 Å². The fraction of sp³-hybridized carbons (Fsp3) is 0.100. The molecular weight excluding hydrogens is 200 g/mol. The predicted molar refractivity (Wildman–Crippen MR) is 51.0 cm³/mol. The van der Waals surface area contributed by atoms with Gasteiger partial charge in [-0.3, -0.25) is 5.10 Å². The molecule has 0 radical (unpaired) electrons. The number of aromatic amines is 1. The van der Waals surface area contributed by atoms with Gasteiger partial charge in [0, 0.05) is 17.3 Å². The number of H-pyrrole nitrogens is 1. The Hall–Kier alpha value is -1.75. The second-order valence-corrected chi connectivity index (χ2v) is 3.18. The minimum atomic E-state index is -0.709. The largest absolute Gasteiger partial charge is 0.320 e. The van der Waals surface area contributed by atoms with E-state index in [1.54, 1.807) is 6.20 Å². The quantitative estimate of drug-likeness (QED) is 0.791. The van der Waals surface area contributed by atoms with Gasteiger partial charge < -0.3 is 5.73 Å². The highest BCUT2D eigenvalue weighted by atomic mass is 19.1. The van der Waals surface area contributed by atoms with E-state index in [1.165, 1.54) is 6.20 Å². The van der Waals surface area contributed by atoms with Gasteiger partial charge in [-0.2, -0.15) is 5.10 Å². The van der Waals surface area contributed by atoms with Gasteiger partial charge in [0.15, 0.2) is 0 Å². The molecule has 1 aromatic heterocycles. The Morgan fingerprint density at radius 3 is 2.80 bits per heavy atom. The molecular formula is C10H9F2N3. The average Bonchev–Trinajstić information content (AvgIpc) is 2.74. The molecule has 78 valence electrons. The molecule has 0 amide bonds. The van der Waals surface area contributed by atoms with Crippen molar-refractivity contribution in [3.05, 3.63) is 53.4 Å². The van der Waals surface area contributed by atoms with Gasteiger partial charge in [0.05, 0.1) is 12.2 Å². The highest BCUT2D eigenvalue weighted by Gasteiger charge is 2.15. The molecule has 2 rings (SSSR count). The minimum absolute atomic E-state index is 0.122. The van der Waals surface area contributed by atoms with Crippen LogP contribution in [0, 0.1) is 11.6 Å². The van der Waals surface area contributed by atoms with Crippen LogP contribution in [-0.2, 0) is 0 Å². The lowest BCUT2D eigenvalue weighted by molar-refractivity contribution is 0.576. The molecule has 1 heterocycles. The van der Waals surface area contributed by atoms with Crippen LogP contribution in [0.4, 0.5) is 8.78 Å². The van der Waals surface area contributed by atoms with Crippen LogP contribution in [0.2, 0.25) is 0 Å². The molecule has 1 aromatic carbocycles. The monoisotopic (exact) mass is 209 g/mol. The average molecular weight is 209 g/mol. The fourth-order valence-electron chi connectivity index (χ4n) is 1.36. The van der Waals surface area contributed by atoms with Gasteiger partial charge in [-0.15, -0.1) is 0 Å². The number of benzene rings is 1. The number of nitrogens with two attached hydrogens (primary N) is 1. The summed E-state index contributed by atoms with van der Waals surface area (Å²) in [6.45, 7) is 0. The number of hydrogen-bond acceptors (Lipinski definition) is 2. The van der Waals surface area contributed by atoms with Crippen LogP contribution in [-0.4, -0.2) is 10.2 Å². The minimum Gasteiger partial charge on any atom is -0.320 e. The molecule has 0 saturated heterocycles. The van der Waals surface area contributed by atoms with Crippen LogP contribution in [0.15, 0.2) is 30.6 Å². The Kier molecular flexibility index (Phi) is 2.47. The van der Waals surface area contributed by atoms with Gasteiger partial charge in [-0.1, -0.05) is 0 Å². The summed E-state index contributed by atoms with van der Waals surface area (Å²) in [5.41, 5.74) is 6.50. The predicted octanol–water partition coefficient (Wildman–Crippen LogP) is 1.74. The number of hydrogen-bond donors (Lipinski definition) is 2. The van der Waals surface area contributed by atoms with Crippen LogP contribution in [0.3, 0.4) is 0 Å². The van der Waals surface area contributed by atoms with Crippen molar-refractivity contribution in [2.45, 2.75) is 6.04 Å². The first-order chi connectivity index (χ1) is 7.18. The molecule has 2 aromatic rings. The van der Waals surface area contributed by atoms with Crippen LogP contribution in [0.1, 0.15) is 17.2 Å². The van der Waals surface area contributed by atoms with Gasteiger partial charge in [0.2, 0.25) is 0 Å². The summed E-state index contributed by atoms with van der Waals surface area (Å²) in [5, 5.41) is 6.27. The Morgan fingerprint density at radius 2 is 2.13 bits per heavy atom. The molecule has 15 heavy (non-hydrogen) atoms. The van der Waals surface area contributed by atoms with E-state index in [9.17, 15) is 8.78 Å². The van der Waals surface area contributed by atoms with Gasteiger partial charge in [0.1, 0.15) is 11.6 Å². The summed E-state index contributed by atoms with van der Waals surface area (Å²) in [6, 6.07) is 2.50. The standard InChI is InChI=1S/C10H9F2N3/c11-7-1-2-9(12)8(3-7)10(13)6-4-14-15-5-6/h1-5,10H,13H2,(H,14,15). The number of halogens is 2. The molecule has 0 bridgehead atoms. The van der Waals surface area contributed by atoms with E-state index in [2.05, 4.69) is 10.2 Å². The molecule has 0 aliphatic rings. The van der Waals surface area contributed by atoms with Gasteiger partial charge in [-0.25, -0.2) is 8.78 Å². The molecule has 0 aliphatic carbocycles. The van der Waals surface area contributed by atoms with Gasteiger partial charge in [0.25, 0.3) is 0 Å². The van der Waals surface area contributed by atoms with E-state index in [0.717, 1.165) is 18.2 Å². The summed E-state index contributed by atoms with van der Waals surface area (Å²) in [7, 11) is 0. The lowest BCUT2D eigenvalue weighted by Gasteiger charge is -2.10. The Morgan fingerprint density at radius 1 is 1.33 bits per heavy atom. The van der Waals surface area contributed by atoms with Crippen LogP contribution in [0.5, 0.6) is 0 Å². The van der Waals surface area contributed by atoms with E-state index in [4.69, 9.17) is 5.73 Å². The molecule has 0 aliphatic heterocycles. The van der Waals surface area contributed by atoms with Crippen molar-refractivity contribution in [3.63, 3.8) is 0 Å². The normalized spacial score (nSPS) is 12.7. The second-order valence-electron chi connectivity index (χ2n) is 3.18. The molecule has 1 atom stereocenters. The summed E-state index contributed by atoms with van der Waals surface area (Å²) in [6.07, 6.45) is 3.03. The molecule has 0 fully saturated rings. The van der Waals surface area contributed by atoms with Gasteiger partial charge in [-0.05, 0) is 18.2 Å². The first-order valence-corrected chi connectivity index (χ1v) is 4.37. The Balaban J connectivity index is 2.41. The number of rotatable bonds is 2. The van der Waals surface area contributed by atoms with Crippen molar-refractivity contribution in [3.8, 4) is 0 Å². The van der Waals surface area contributed by atoms with Crippen molar-refractivity contribution in [1.82, 2.24) is 10.2 Å². The van der Waals surface area contributed by atoms with E-state index in [-0.39, 0.29) is 5.56 Å². The molecule has 0 spiro atoms. The van der Waals surface area contributed by atoms with E-state index >= 15 is 0 Å². The van der Waals surface area contributed by atoms with Crippen LogP contribution in [0.25, 0.3) is 0 Å². The summed E-state index contributed by atoms with van der Waals surface area (Å²) < 4.78 is 26.2. The molecule has 5 heteroatoms. The molecule has 0 saturated carbocycles. The maximum atomic E-state index is 13.3. The van der Waals surface area contributed by atoms with Crippen molar-refractivity contribution >= 4 is 0 Å². The first kappa shape index (κ1) is 9.79. The maximum Gasteiger partial charge on any atom is 0.128 e. The highest BCUT2D eigenvalue weighted by Crippen LogP contribution is 2.21. The zero-order valence-corrected chi connectivity index (χ0v) is 7.74.